The third kappa shape index (κ3) is 3.63. The van der Waals surface area contributed by atoms with E-state index in [4.69, 9.17) is 11.6 Å². The van der Waals surface area contributed by atoms with Gasteiger partial charge in [-0.3, -0.25) is 4.79 Å². The van der Waals surface area contributed by atoms with E-state index in [1.165, 1.54) is 11.2 Å². The summed E-state index contributed by atoms with van der Waals surface area (Å²) in [7, 11) is -3.79. The molecule has 0 aliphatic carbocycles. The molecule has 1 amide bonds. The normalized spacial score (nSPS) is 18.0. The summed E-state index contributed by atoms with van der Waals surface area (Å²) in [5.41, 5.74) is 1.92. The number of hydrogen-bond donors (Lipinski definition) is 1. The van der Waals surface area contributed by atoms with Crippen LogP contribution >= 0.6 is 11.6 Å². The van der Waals surface area contributed by atoms with E-state index in [1.54, 1.807) is 24.3 Å². The molecule has 7 heteroatoms. The molecular weight excluding hydrogens is 372 g/mol. The SMILES string of the molecule is CC(=O)Nc1ccc(C)cc1S(=O)(=O)N1CCC[C@H]1c1ccccc1Cl. The minimum absolute atomic E-state index is 0.117. The molecule has 5 nitrogen and oxygen atoms in total. The fraction of sp³-hybridized carbons (Fsp3) is 0.316. The highest BCUT2D eigenvalue weighted by molar-refractivity contribution is 7.89. The van der Waals surface area contributed by atoms with Crippen molar-refractivity contribution in [2.75, 3.05) is 11.9 Å². The molecule has 1 atom stereocenters. The molecule has 26 heavy (non-hydrogen) atoms. The van der Waals surface area contributed by atoms with Crippen molar-refractivity contribution in [2.45, 2.75) is 37.6 Å². The van der Waals surface area contributed by atoms with Gasteiger partial charge in [0.1, 0.15) is 4.90 Å². The predicted molar refractivity (Wildman–Crippen MR) is 103 cm³/mol. The lowest BCUT2D eigenvalue weighted by atomic mass is 10.1. The highest BCUT2D eigenvalue weighted by atomic mass is 35.5. The molecule has 0 aromatic heterocycles. The van der Waals surface area contributed by atoms with E-state index >= 15 is 0 Å². The fourth-order valence-electron chi connectivity index (χ4n) is 3.35. The quantitative estimate of drug-likeness (QED) is 0.850. The standard InChI is InChI=1S/C19H21ClN2O3S/c1-13-9-10-17(21-14(2)23)19(12-13)26(24,25)22-11-5-8-18(22)15-6-3-4-7-16(15)20/h3-4,6-7,9-10,12,18H,5,8,11H2,1-2H3,(H,21,23)/t18-/m0/s1. The summed E-state index contributed by atoms with van der Waals surface area (Å²) in [4.78, 5) is 11.6. The van der Waals surface area contributed by atoms with Crippen LogP contribution in [-0.2, 0) is 14.8 Å². The van der Waals surface area contributed by atoms with Gasteiger partial charge in [0, 0.05) is 18.5 Å². The van der Waals surface area contributed by atoms with Crippen LogP contribution in [0.25, 0.3) is 0 Å². The van der Waals surface area contributed by atoms with E-state index in [9.17, 15) is 13.2 Å². The Morgan fingerprint density at radius 1 is 1.23 bits per heavy atom. The van der Waals surface area contributed by atoms with Crippen molar-refractivity contribution < 1.29 is 13.2 Å². The Hall–Kier alpha value is -1.89. The number of carbonyl (C=O) groups is 1. The number of anilines is 1. The van der Waals surface area contributed by atoms with Crippen LogP contribution in [0.15, 0.2) is 47.4 Å². The van der Waals surface area contributed by atoms with Crippen molar-refractivity contribution in [3.8, 4) is 0 Å². The summed E-state index contributed by atoms with van der Waals surface area (Å²) in [6.45, 7) is 3.61. The maximum Gasteiger partial charge on any atom is 0.245 e. The zero-order valence-electron chi connectivity index (χ0n) is 14.7. The molecule has 0 radical (unpaired) electrons. The predicted octanol–water partition coefficient (Wildman–Crippen LogP) is 4.13. The summed E-state index contributed by atoms with van der Waals surface area (Å²) in [6.07, 6.45) is 1.47. The Morgan fingerprint density at radius 2 is 1.96 bits per heavy atom. The highest BCUT2D eigenvalue weighted by Gasteiger charge is 2.38. The van der Waals surface area contributed by atoms with Crippen molar-refractivity contribution in [1.82, 2.24) is 4.31 Å². The first-order chi connectivity index (χ1) is 12.3. The molecule has 0 saturated carbocycles. The Labute approximate surface area is 159 Å². The Kier molecular flexibility index (Phi) is 5.37. The highest BCUT2D eigenvalue weighted by Crippen LogP contribution is 2.40. The van der Waals surface area contributed by atoms with Crippen molar-refractivity contribution in [3.63, 3.8) is 0 Å². The third-order valence-electron chi connectivity index (χ3n) is 4.50. The first kappa shape index (κ1) is 18.9. The van der Waals surface area contributed by atoms with Gasteiger partial charge >= 0.3 is 0 Å². The Bertz CT molecular complexity index is 944. The summed E-state index contributed by atoms with van der Waals surface area (Å²) >= 11 is 6.31. The van der Waals surface area contributed by atoms with Gasteiger partial charge in [-0.2, -0.15) is 4.31 Å². The van der Waals surface area contributed by atoms with Crippen LogP contribution in [0.1, 0.15) is 36.9 Å². The lowest BCUT2D eigenvalue weighted by Crippen LogP contribution is -2.31. The van der Waals surface area contributed by atoms with Gasteiger partial charge in [-0.05, 0) is 49.1 Å². The van der Waals surface area contributed by atoms with Crippen molar-refractivity contribution in [2.24, 2.45) is 0 Å². The molecular formula is C19H21ClN2O3S. The van der Waals surface area contributed by atoms with Gasteiger partial charge in [-0.15, -0.1) is 0 Å². The molecule has 0 unspecified atom stereocenters. The van der Waals surface area contributed by atoms with E-state index in [0.717, 1.165) is 17.5 Å². The first-order valence-corrected chi connectivity index (χ1v) is 10.3. The Morgan fingerprint density at radius 3 is 2.65 bits per heavy atom. The molecule has 1 fully saturated rings. The molecule has 2 aromatic rings. The number of benzene rings is 2. The van der Waals surface area contributed by atoms with Gasteiger partial charge in [-0.1, -0.05) is 35.9 Å². The van der Waals surface area contributed by atoms with Gasteiger partial charge in [0.25, 0.3) is 0 Å². The topological polar surface area (TPSA) is 66.5 Å². The van der Waals surface area contributed by atoms with Gasteiger partial charge in [0.05, 0.1) is 11.7 Å². The first-order valence-electron chi connectivity index (χ1n) is 8.45. The molecule has 3 rings (SSSR count). The maximum absolute atomic E-state index is 13.4. The minimum atomic E-state index is -3.79. The smallest absolute Gasteiger partial charge is 0.245 e. The van der Waals surface area contributed by atoms with Crippen LogP contribution in [-0.4, -0.2) is 25.2 Å². The molecule has 0 spiro atoms. The average Bonchev–Trinajstić information content (AvgIpc) is 3.06. The largest absolute Gasteiger partial charge is 0.325 e. The summed E-state index contributed by atoms with van der Waals surface area (Å²) in [5.74, 6) is -0.311. The van der Waals surface area contributed by atoms with E-state index < -0.39 is 10.0 Å². The van der Waals surface area contributed by atoms with Gasteiger partial charge < -0.3 is 5.32 Å². The van der Waals surface area contributed by atoms with Crippen LogP contribution in [0.2, 0.25) is 5.02 Å². The molecule has 1 heterocycles. The summed E-state index contributed by atoms with van der Waals surface area (Å²) < 4.78 is 28.3. The fourth-order valence-corrected chi connectivity index (χ4v) is 5.52. The second-order valence-electron chi connectivity index (χ2n) is 6.48. The number of halogens is 1. The second kappa shape index (κ2) is 7.39. The number of carbonyl (C=O) groups excluding carboxylic acids is 1. The summed E-state index contributed by atoms with van der Waals surface area (Å²) in [5, 5.41) is 3.19. The molecule has 1 saturated heterocycles. The number of nitrogens with one attached hydrogen (secondary N) is 1. The molecule has 2 aromatic carbocycles. The van der Waals surface area contributed by atoms with Crippen LogP contribution < -0.4 is 5.32 Å². The molecule has 138 valence electrons. The number of hydrogen-bond acceptors (Lipinski definition) is 3. The van der Waals surface area contributed by atoms with Crippen LogP contribution in [0.5, 0.6) is 0 Å². The van der Waals surface area contributed by atoms with Gasteiger partial charge in [0.2, 0.25) is 15.9 Å². The second-order valence-corrected chi connectivity index (χ2v) is 8.74. The molecule has 1 aliphatic rings. The van der Waals surface area contributed by atoms with Gasteiger partial charge in [-0.25, -0.2) is 8.42 Å². The number of nitrogens with zero attached hydrogens (tertiary/aromatic N) is 1. The molecule has 0 bridgehead atoms. The molecule has 1 aliphatic heterocycles. The van der Waals surface area contributed by atoms with E-state index in [1.807, 2.05) is 25.1 Å². The number of amides is 1. The summed E-state index contributed by atoms with van der Waals surface area (Å²) in [6, 6.07) is 12.0. The van der Waals surface area contributed by atoms with Crippen LogP contribution in [0, 0.1) is 6.92 Å². The minimum Gasteiger partial charge on any atom is -0.325 e. The maximum atomic E-state index is 13.4. The van der Waals surface area contributed by atoms with E-state index in [-0.39, 0.29) is 16.8 Å². The van der Waals surface area contributed by atoms with E-state index in [2.05, 4.69) is 5.32 Å². The van der Waals surface area contributed by atoms with Crippen molar-refractivity contribution >= 4 is 33.2 Å². The zero-order chi connectivity index (χ0) is 18.9. The zero-order valence-corrected chi connectivity index (χ0v) is 16.3. The average molecular weight is 393 g/mol. The Balaban J connectivity index is 2.06. The number of aryl methyl sites for hydroxylation is 1. The third-order valence-corrected chi connectivity index (χ3v) is 6.79. The number of rotatable bonds is 4. The van der Waals surface area contributed by atoms with Crippen molar-refractivity contribution in [1.29, 1.82) is 0 Å². The van der Waals surface area contributed by atoms with Crippen molar-refractivity contribution in [3.05, 3.63) is 58.6 Å². The number of sulfonamides is 1. The lowest BCUT2D eigenvalue weighted by Gasteiger charge is -2.26. The molecule has 1 N–H and O–H groups in total. The van der Waals surface area contributed by atoms with Gasteiger partial charge in [0.15, 0.2) is 0 Å². The van der Waals surface area contributed by atoms with Crippen LogP contribution in [0.4, 0.5) is 5.69 Å². The van der Waals surface area contributed by atoms with E-state index in [0.29, 0.717) is 23.7 Å². The van der Waals surface area contributed by atoms with Crippen LogP contribution in [0.3, 0.4) is 0 Å². The monoisotopic (exact) mass is 392 g/mol. The lowest BCUT2D eigenvalue weighted by molar-refractivity contribution is -0.114.